The maximum atomic E-state index is 13.8. The Hall–Kier alpha value is -2.86. The van der Waals surface area contributed by atoms with E-state index in [1.807, 2.05) is 25.1 Å². The number of nitrogens with zero attached hydrogens (tertiary/aromatic N) is 1. The second-order valence-corrected chi connectivity index (χ2v) is 6.37. The number of halogens is 1. The number of hydrogen-bond acceptors (Lipinski definition) is 4. The lowest BCUT2D eigenvalue weighted by Gasteiger charge is -2.09. The lowest BCUT2D eigenvalue weighted by atomic mass is 10.0. The van der Waals surface area contributed by atoms with E-state index in [2.05, 4.69) is 16.5 Å². The third-order valence-electron chi connectivity index (χ3n) is 3.73. The first-order valence-corrected chi connectivity index (χ1v) is 8.39. The van der Waals surface area contributed by atoms with E-state index in [0.717, 1.165) is 21.4 Å². The van der Waals surface area contributed by atoms with Gasteiger partial charge in [0.15, 0.2) is 16.6 Å². The molecule has 2 N–H and O–H groups in total. The topological polar surface area (TPSA) is 58.1 Å². The van der Waals surface area contributed by atoms with E-state index >= 15 is 0 Å². The van der Waals surface area contributed by atoms with Gasteiger partial charge in [-0.25, -0.2) is 9.37 Å². The molecule has 0 aliphatic rings. The van der Waals surface area contributed by atoms with Crippen molar-refractivity contribution in [2.24, 2.45) is 0 Å². The Morgan fingerprint density at radius 3 is 2.84 bits per heavy atom. The van der Waals surface area contributed by atoms with Gasteiger partial charge in [0.1, 0.15) is 5.65 Å². The molecule has 0 saturated carbocycles. The SMILES string of the molecule is C=C(F)/C(OC)=C(\C=C/C)c1c[nH]c2ncc(-c3ccc(O)s3)cc12. The van der Waals surface area contributed by atoms with Crippen LogP contribution >= 0.6 is 11.3 Å². The fourth-order valence-electron chi connectivity index (χ4n) is 2.67. The number of aromatic amines is 1. The molecule has 3 heterocycles. The molecule has 3 aromatic rings. The Morgan fingerprint density at radius 1 is 1.44 bits per heavy atom. The number of methoxy groups -OCH3 is 1. The van der Waals surface area contributed by atoms with Crippen LogP contribution in [0.5, 0.6) is 5.06 Å². The van der Waals surface area contributed by atoms with Gasteiger partial charge in [-0.05, 0) is 25.1 Å². The van der Waals surface area contributed by atoms with Crippen molar-refractivity contribution in [2.45, 2.75) is 6.92 Å². The quantitative estimate of drug-likeness (QED) is 0.474. The summed E-state index contributed by atoms with van der Waals surface area (Å²) in [5.74, 6) is -0.560. The summed E-state index contributed by atoms with van der Waals surface area (Å²) in [7, 11) is 1.41. The van der Waals surface area contributed by atoms with Crippen molar-refractivity contribution in [2.75, 3.05) is 7.11 Å². The van der Waals surface area contributed by atoms with E-state index in [-0.39, 0.29) is 10.8 Å². The van der Waals surface area contributed by atoms with E-state index in [4.69, 9.17) is 4.74 Å². The number of H-pyrrole nitrogens is 1. The number of nitrogens with one attached hydrogen (secondary N) is 1. The molecule has 4 nitrogen and oxygen atoms in total. The lowest BCUT2D eigenvalue weighted by Crippen LogP contribution is -1.93. The van der Waals surface area contributed by atoms with Crippen LogP contribution in [0, 0.1) is 0 Å². The van der Waals surface area contributed by atoms with Crippen molar-refractivity contribution in [3.05, 3.63) is 66.5 Å². The van der Waals surface area contributed by atoms with E-state index in [1.165, 1.54) is 18.4 Å². The minimum absolute atomic E-state index is 0.0816. The summed E-state index contributed by atoms with van der Waals surface area (Å²) in [5, 5.41) is 10.6. The van der Waals surface area contributed by atoms with Gasteiger partial charge >= 0.3 is 0 Å². The monoisotopic (exact) mass is 356 g/mol. The van der Waals surface area contributed by atoms with Crippen molar-refractivity contribution in [1.29, 1.82) is 0 Å². The van der Waals surface area contributed by atoms with Crippen molar-refractivity contribution >= 4 is 27.9 Å². The average Bonchev–Trinajstić information content (AvgIpc) is 3.20. The Labute approximate surface area is 148 Å². The van der Waals surface area contributed by atoms with Gasteiger partial charge < -0.3 is 14.8 Å². The number of ether oxygens (including phenoxy) is 1. The summed E-state index contributed by atoms with van der Waals surface area (Å²) in [5.41, 5.74) is 2.90. The average molecular weight is 356 g/mol. The van der Waals surface area contributed by atoms with E-state index in [1.54, 1.807) is 24.5 Å². The predicted molar refractivity (Wildman–Crippen MR) is 100 cm³/mol. The van der Waals surface area contributed by atoms with Crippen LogP contribution in [0.1, 0.15) is 12.5 Å². The zero-order valence-electron chi connectivity index (χ0n) is 13.8. The normalized spacial score (nSPS) is 12.6. The largest absolute Gasteiger partial charge is 0.499 e. The van der Waals surface area contributed by atoms with Crippen LogP contribution < -0.4 is 0 Å². The third kappa shape index (κ3) is 3.21. The molecule has 0 aromatic carbocycles. The number of aromatic nitrogens is 2. The van der Waals surface area contributed by atoms with Gasteiger partial charge in [-0.3, -0.25) is 0 Å². The number of hydrogen-bond donors (Lipinski definition) is 2. The highest BCUT2D eigenvalue weighted by Crippen LogP contribution is 2.36. The molecule has 25 heavy (non-hydrogen) atoms. The molecule has 6 heteroatoms. The summed E-state index contributed by atoms with van der Waals surface area (Å²) < 4.78 is 19.0. The fourth-order valence-corrected chi connectivity index (χ4v) is 3.39. The molecule has 128 valence electrons. The number of aromatic hydroxyl groups is 1. The summed E-state index contributed by atoms with van der Waals surface area (Å²) in [6.45, 7) is 5.20. The van der Waals surface area contributed by atoms with Crippen LogP contribution in [0.15, 0.2) is 60.9 Å². The molecular formula is C19H17FN2O2S. The van der Waals surface area contributed by atoms with Gasteiger partial charge in [0, 0.05) is 39.4 Å². The van der Waals surface area contributed by atoms with Crippen LogP contribution in [0.4, 0.5) is 4.39 Å². The fraction of sp³-hybridized carbons (Fsp3) is 0.105. The molecule has 3 aromatic heterocycles. The van der Waals surface area contributed by atoms with Crippen molar-refractivity contribution < 1.29 is 14.2 Å². The van der Waals surface area contributed by atoms with Gasteiger partial charge in [-0.1, -0.05) is 30.1 Å². The Kier molecular flexibility index (Phi) is 4.72. The highest BCUT2D eigenvalue weighted by molar-refractivity contribution is 7.17. The van der Waals surface area contributed by atoms with Gasteiger partial charge in [0.25, 0.3) is 0 Å². The summed E-state index contributed by atoms with van der Waals surface area (Å²) in [4.78, 5) is 8.42. The van der Waals surface area contributed by atoms with Crippen molar-refractivity contribution in [3.8, 4) is 15.5 Å². The zero-order valence-corrected chi connectivity index (χ0v) is 14.7. The highest BCUT2D eigenvalue weighted by atomic mass is 32.1. The Balaban J connectivity index is 2.23. The first kappa shape index (κ1) is 17.0. The zero-order chi connectivity index (χ0) is 18.0. The molecular weight excluding hydrogens is 339 g/mol. The maximum absolute atomic E-state index is 13.8. The van der Waals surface area contributed by atoms with Crippen LogP contribution in [-0.4, -0.2) is 22.2 Å². The van der Waals surface area contributed by atoms with Gasteiger partial charge in [-0.15, -0.1) is 0 Å². The molecule has 0 radical (unpaired) electrons. The molecule has 0 spiro atoms. The van der Waals surface area contributed by atoms with Crippen molar-refractivity contribution in [3.63, 3.8) is 0 Å². The molecule has 0 unspecified atom stereocenters. The number of allylic oxidation sites excluding steroid dienone is 4. The first-order valence-electron chi connectivity index (χ1n) is 7.57. The molecule has 0 bridgehead atoms. The molecule has 0 fully saturated rings. The predicted octanol–water partition coefficient (Wildman–Crippen LogP) is 5.41. The van der Waals surface area contributed by atoms with E-state index in [0.29, 0.717) is 11.2 Å². The van der Waals surface area contributed by atoms with E-state index < -0.39 is 5.83 Å². The molecule has 0 amide bonds. The first-order chi connectivity index (χ1) is 12.0. The molecule has 0 saturated heterocycles. The summed E-state index contributed by atoms with van der Waals surface area (Å²) in [6, 6.07) is 5.43. The van der Waals surface area contributed by atoms with Gasteiger partial charge in [-0.2, -0.15) is 0 Å². The Morgan fingerprint density at radius 2 is 2.24 bits per heavy atom. The van der Waals surface area contributed by atoms with Crippen molar-refractivity contribution in [1.82, 2.24) is 9.97 Å². The molecule has 3 rings (SSSR count). The Bertz CT molecular complexity index is 998. The number of fused-ring (bicyclic) bond motifs is 1. The number of thiophene rings is 1. The van der Waals surface area contributed by atoms with Crippen LogP contribution in [0.2, 0.25) is 0 Å². The maximum Gasteiger partial charge on any atom is 0.171 e. The minimum atomic E-state index is -0.641. The van der Waals surface area contributed by atoms with Crippen LogP contribution in [0.3, 0.4) is 0 Å². The second-order valence-electron chi connectivity index (χ2n) is 5.31. The molecule has 0 aliphatic heterocycles. The third-order valence-corrected chi connectivity index (χ3v) is 4.66. The van der Waals surface area contributed by atoms with E-state index in [9.17, 15) is 9.50 Å². The lowest BCUT2D eigenvalue weighted by molar-refractivity contribution is 0.286. The molecule has 0 atom stereocenters. The van der Waals surface area contributed by atoms with Crippen LogP contribution in [-0.2, 0) is 4.74 Å². The minimum Gasteiger partial charge on any atom is -0.499 e. The second kappa shape index (κ2) is 6.94. The van der Waals surface area contributed by atoms with Crippen LogP contribution in [0.25, 0.3) is 27.0 Å². The number of rotatable bonds is 5. The smallest absolute Gasteiger partial charge is 0.171 e. The van der Waals surface area contributed by atoms with Gasteiger partial charge in [0.05, 0.1) is 7.11 Å². The standard InChI is InChI=1S/C19H17FN2O2S/c1-4-5-13(18(24-3)11(2)20)15-10-22-19-14(15)8-12(9-21-19)16-6-7-17(23)25-16/h4-10,23H,2H2,1,3H3,(H,21,22)/b5-4-,18-13-. The van der Waals surface area contributed by atoms with Gasteiger partial charge in [0.2, 0.25) is 0 Å². The summed E-state index contributed by atoms with van der Waals surface area (Å²) >= 11 is 1.27. The number of pyridine rings is 1. The molecule has 0 aliphatic carbocycles. The summed E-state index contributed by atoms with van der Waals surface area (Å²) in [6.07, 6.45) is 7.09. The highest BCUT2D eigenvalue weighted by Gasteiger charge is 2.16.